The summed E-state index contributed by atoms with van der Waals surface area (Å²) in [5.74, 6) is 0.469. The molecular formula is C15H22N2O4S. The van der Waals surface area contributed by atoms with Gasteiger partial charge in [0.1, 0.15) is 11.8 Å². The number of likely N-dealkylation sites (N-methyl/N-ethyl adjacent to an activating group) is 1. The number of sulfonamides is 1. The van der Waals surface area contributed by atoms with Gasteiger partial charge in [-0.05, 0) is 44.0 Å². The van der Waals surface area contributed by atoms with E-state index in [1.807, 2.05) is 0 Å². The van der Waals surface area contributed by atoms with Crippen LogP contribution in [0, 0.1) is 13.8 Å². The normalized spacial score (nSPS) is 20.3. The summed E-state index contributed by atoms with van der Waals surface area (Å²) in [6.45, 7) is 5.86. The molecule has 0 aromatic heterocycles. The first kappa shape index (κ1) is 16.8. The van der Waals surface area contributed by atoms with E-state index in [4.69, 9.17) is 4.74 Å². The molecular weight excluding hydrogens is 304 g/mol. The Labute approximate surface area is 131 Å². The number of nitrogens with zero attached hydrogens (tertiary/aromatic N) is 2. The van der Waals surface area contributed by atoms with E-state index in [1.165, 1.54) is 4.31 Å². The number of ether oxygens (including phenoxy) is 1. The highest BCUT2D eigenvalue weighted by atomic mass is 32.2. The Bertz CT molecular complexity index is 700. The summed E-state index contributed by atoms with van der Waals surface area (Å²) >= 11 is 0. The van der Waals surface area contributed by atoms with E-state index in [-0.39, 0.29) is 10.8 Å². The fourth-order valence-corrected chi connectivity index (χ4v) is 4.58. The lowest BCUT2D eigenvalue weighted by Crippen LogP contribution is -2.56. The van der Waals surface area contributed by atoms with Crippen LogP contribution in [0.1, 0.15) is 18.1 Å². The predicted molar refractivity (Wildman–Crippen MR) is 83.5 cm³/mol. The molecule has 1 amide bonds. The van der Waals surface area contributed by atoms with Crippen LogP contribution >= 0.6 is 0 Å². The zero-order valence-corrected chi connectivity index (χ0v) is 14.4. The third kappa shape index (κ3) is 2.70. The molecule has 0 aliphatic carbocycles. The first-order valence-electron chi connectivity index (χ1n) is 7.12. The van der Waals surface area contributed by atoms with E-state index < -0.39 is 16.1 Å². The van der Waals surface area contributed by atoms with Crippen molar-refractivity contribution in [2.45, 2.75) is 31.7 Å². The Morgan fingerprint density at radius 1 is 1.18 bits per heavy atom. The monoisotopic (exact) mass is 326 g/mol. The van der Waals surface area contributed by atoms with Crippen molar-refractivity contribution in [3.8, 4) is 5.75 Å². The summed E-state index contributed by atoms with van der Waals surface area (Å²) in [6.07, 6.45) is 0. The summed E-state index contributed by atoms with van der Waals surface area (Å²) in [6, 6.07) is 2.63. The van der Waals surface area contributed by atoms with Crippen LogP contribution in [0.25, 0.3) is 0 Å². The van der Waals surface area contributed by atoms with Gasteiger partial charge >= 0.3 is 0 Å². The average molecular weight is 326 g/mol. The number of rotatable bonds is 3. The molecule has 1 heterocycles. The van der Waals surface area contributed by atoms with Gasteiger partial charge < -0.3 is 9.64 Å². The van der Waals surface area contributed by atoms with Crippen LogP contribution in [0.4, 0.5) is 0 Å². The zero-order chi connectivity index (χ0) is 16.7. The van der Waals surface area contributed by atoms with E-state index in [1.54, 1.807) is 52.0 Å². The smallest absolute Gasteiger partial charge is 0.244 e. The summed E-state index contributed by atoms with van der Waals surface area (Å²) < 4.78 is 32.4. The third-order valence-electron chi connectivity index (χ3n) is 4.10. The second-order valence-corrected chi connectivity index (χ2v) is 7.50. The number of piperazine rings is 1. The molecule has 1 unspecified atom stereocenters. The Morgan fingerprint density at radius 3 is 2.41 bits per heavy atom. The highest BCUT2D eigenvalue weighted by molar-refractivity contribution is 7.89. The molecule has 1 aromatic carbocycles. The highest BCUT2D eigenvalue weighted by Crippen LogP contribution is 2.29. The third-order valence-corrected chi connectivity index (χ3v) is 6.21. The maximum Gasteiger partial charge on any atom is 0.244 e. The van der Waals surface area contributed by atoms with Crippen LogP contribution in [0.2, 0.25) is 0 Å². The largest absolute Gasteiger partial charge is 0.496 e. The number of benzene rings is 1. The minimum atomic E-state index is -3.72. The molecule has 0 radical (unpaired) electrons. The van der Waals surface area contributed by atoms with Crippen LogP contribution in [0.5, 0.6) is 5.75 Å². The number of carbonyl (C=O) groups is 1. The van der Waals surface area contributed by atoms with Crippen molar-refractivity contribution >= 4 is 15.9 Å². The fourth-order valence-electron chi connectivity index (χ4n) is 2.71. The summed E-state index contributed by atoms with van der Waals surface area (Å²) in [7, 11) is -0.477. The number of hydrogen-bond donors (Lipinski definition) is 0. The van der Waals surface area contributed by atoms with Gasteiger partial charge in [0.15, 0.2) is 0 Å². The first-order chi connectivity index (χ1) is 10.2. The SMILES string of the molecule is COc1cc(C)c(S(=O)(=O)N2CCN(C)C(=O)C2C)cc1C. The Morgan fingerprint density at radius 2 is 1.82 bits per heavy atom. The molecule has 7 heteroatoms. The van der Waals surface area contributed by atoms with Crippen LogP contribution in [0.15, 0.2) is 17.0 Å². The van der Waals surface area contributed by atoms with Gasteiger partial charge in [0.05, 0.1) is 12.0 Å². The minimum absolute atomic E-state index is 0.183. The van der Waals surface area contributed by atoms with Crippen LogP contribution in [0.3, 0.4) is 0 Å². The molecule has 1 aromatic rings. The molecule has 0 bridgehead atoms. The number of amides is 1. The summed E-state index contributed by atoms with van der Waals surface area (Å²) in [4.78, 5) is 13.9. The van der Waals surface area contributed by atoms with Gasteiger partial charge in [-0.15, -0.1) is 0 Å². The predicted octanol–water partition coefficient (Wildman–Crippen LogP) is 1.16. The molecule has 1 aliphatic heterocycles. The van der Waals surface area contributed by atoms with Gasteiger partial charge in [0, 0.05) is 20.1 Å². The van der Waals surface area contributed by atoms with E-state index in [0.29, 0.717) is 24.4 Å². The maximum atomic E-state index is 12.9. The number of carbonyl (C=O) groups excluding carboxylic acids is 1. The second kappa shape index (κ2) is 5.89. The molecule has 2 rings (SSSR count). The first-order valence-corrected chi connectivity index (χ1v) is 8.56. The number of methoxy groups -OCH3 is 1. The molecule has 1 atom stereocenters. The molecule has 1 saturated heterocycles. The van der Waals surface area contributed by atoms with Crippen molar-refractivity contribution in [1.29, 1.82) is 0 Å². The lowest BCUT2D eigenvalue weighted by atomic mass is 10.1. The minimum Gasteiger partial charge on any atom is -0.496 e. The lowest BCUT2D eigenvalue weighted by Gasteiger charge is -2.36. The molecule has 0 spiro atoms. The standard InChI is InChI=1S/C15H22N2O4S/c1-10-9-14(11(2)8-13(10)21-5)22(19,20)17-7-6-16(4)15(18)12(17)3/h8-9,12H,6-7H2,1-5H3. The maximum absolute atomic E-state index is 12.9. The van der Waals surface area contributed by atoms with Gasteiger partial charge in [-0.2, -0.15) is 4.31 Å². The topological polar surface area (TPSA) is 66.9 Å². The summed E-state index contributed by atoms with van der Waals surface area (Å²) in [5, 5.41) is 0. The molecule has 122 valence electrons. The van der Waals surface area contributed by atoms with Gasteiger partial charge in [0.2, 0.25) is 15.9 Å². The van der Waals surface area contributed by atoms with E-state index in [9.17, 15) is 13.2 Å². The van der Waals surface area contributed by atoms with Crippen molar-refractivity contribution in [1.82, 2.24) is 9.21 Å². The van der Waals surface area contributed by atoms with E-state index in [0.717, 1.165) is 5.56 Å². The van der Waals surface area contributed by atoms with E-state index in [2.05, 4.69) is 0 Å². The number of aryl methyl sites for hydroxylation is 2. The van der Waals surface area contributed by atoms with E-state index >= 15 is 0 Å². The van der Waals surface area contributed by atoms with Crippen molar-refractivity contribution in [2.24, 2.45) is 0 Å². The fraction of sp³-hybridized carbons (Fsp3) is 0.533. The molecule has 1 aliphatic rings. The van der Waals surface area contributed by atoms with Crippen molar-refractivity contribution in [2.75, 3.05) is 27.2 Å². The Hall–Kier alpha value is -1.60. The Balaban J connectivity index is 2.47. The van der Waals surface area contributed by atoms with Gasteiger partial charge in [-0.1, -0.05) is 0 Å². The van der Waals surface area contributed by atoms with Gasteiger partial charge in [0.25, 0.3) is 0 Å². The van der Waals surface area contributed by atoms with Crippen molar-refractivity contribution in [3.05, 3.63) is 23.3 Å². The molecule has 6 nitrogen and oxygen atoms in total. The van der Waals surface area contributed by atoms with Gasteiger partial charge in [-0.25, -0.2) is 8.42 Å². The lowest BCUT2D eigenvalue weighted by molar-refractivity contribution is -0.136. The van der Waals surface area contributed by atoms with Crippen LogP contribution in [-0.4, -0.2) is 56.8 Å². The zero-order valence-electron chi connectivity index (χ0n) is 13.6. The molecule has 0 N–H and O–H groups in total. The quantitative estimate of drug-likeness (QED) is 0.836. The molecule has 1 fully saturated rings. The average Bonchev–Trinajstić information content (AvgIpc) is 2.46. The van der Waals surface area contributed by atoms with Gasteiger partial charge in [-0.3, -0.25) is 4.79 Å². The van der Waals surface area contributed by atoms with Crippen LogP contribution < -0.4 is 4.74 Å². The summed E-state index contributed by atoms with van der Waals surface area (Å²) in [5.41, 5.74) is 1.36. The highest BCUT2D eigenvalue weighted by Gasteiger charge is 2.38. The van der Waals surface area contributed by atoms with Crippen molar-refractivity contribution < 1.29 is 17.9 Å². The number of hydrogen-bond acceptors (Lipinski definition) is 4. The molecule has 0 saturated carbocycles. The Kier molecular flexibility index (Phi) is 4.49. The second-order valence-electron chi connectivity index (χ2n) is 5.64. The van der Waals surface area contributed by atoms with Crippen molar-refractivity contribution in [3.63, 3.8) is 0 Å². The van der Waals surface area contributed by atoms with Crippen LogP contribution in [-0.2, 0) is 14.8 Å². The molecule has 22 heavy (non-hydrogen) atoms.